The molecule has 0 unspecified atom stereocenters. The first kappa shape index (κ1) is 20.0. The number of amides is 1. The Hall–Kier alpha value is -4.92. The third-order valence-electron chi connectivity index (χ3n) is 5.19. The fraction of sp³-hybridized carbons (Fsp3) is 0. The van der Waals surface area contributed by atoms with Gasteiger partial charge in [-0.1, -0.05) is 18.2 Å². The summed E-state index contributed by atoms with van der Waals surface area (Å²) in [6, 6.07) is 22.7. The van der Waals surface area contributed by atoms with Crippen molar-refractivity contribution in [3.8, 4) is 33.9 Å². The highest BCUT2D eigenvalue weighted by Gasteiger charge is 2.22. The molecular formula is C24H17N5O4. The molecule has 0 spiro atoms. The monoisotopic (exact) mass is 439 g/mol. The summed E-state index contributed by atoms with van der Waals surface area (Å²) in [6.07, 6.45) is 1.68. The van der Waals surface area contributed by atoms with Crippen molar-refractivity contribution in [2.75, 3.05) is 0 Å². The molecule has 0 aliphatic carbocycles. The van der Waals surface area contributed by atoms with Gasteiger partial charge in [0.15, 0.2) is 11.3 Å². The standard InChI is InChI=1S/C24H17N5O4/c25-23(30)22-21(16-8-12-19(13-9-16)33-18-4-2-1-3-5-18)27-24-20(14-26-28(22)24)15-6-10-17(11-7-15)29(31)32/h1-14,26H,(H2,25,30). The van der Waals surface area contributed by atoms with Crippen LogP contribution in [-0.4, -0.2) is 25.4 Å². The molecule has 0 saturated heterocycles. The molecule has 2 aromatic heterocycles. The van der Waals surface area contributed by atoms with Gasteiger partial charge in [0.25, 0.3) is 11.6 Å². The summed E-state index contributed by atoms with van der Waals surface area (Å²) < 4.78 is 7.34. The molecule has 0 fully saturated rings. The third-order valence-corrected chi connectivity index (χ3v) is 5.19. The van der Waals surface area contributed by atoms with Gasteiger partial charge in [-0.2, -0.15) is 0 Å². The summed E-state index contributed by atoms with van der Waals surface area (Å²) >= 11 is 0. The number of hydrogen-bond donors (Lipinski definition) is 2. The summed E-state index contributed by atoms with van der Waals surface area (Å²) in [6.45, 7) is 0. The minimum atomic E-state index is -0.640. The molecule has 0 bridgehead atoms. The number of fused-ring (bicyclic) bond motifs is 1. The molecular weight excluding hydrogens is 422 g/mol. The van der Waals surface area contributed by atoms with E-state index in [9.17, 15) is 14.9 Å². The van der Waals surface area contributed by atoms with Gasteiger partial charge in [-0.25, -0.2) is 9.50 Å². The third kappa shape index (κ3) is 3.68. The average molecular weight is 439 g/mol. The van der Waals surface area contributed by atoms with Gasteiger partial charge in [0.05, 0.1) is 4.92 Å². The predicted molar refractivity (Wildman–Crippen MR) is 122 cm³/mol. The highest BCUT2D eigenvalue weighted by atomic mass is 16.6. The van der Waals surface area contributed by atoms with Crippen molar-refractivity contribution < 1.29 is 14.5 Å². The van der Waals surface area contributed by atoms with E-state index in [2.05, 4.69) is 10.1 Å². The Balaban J connectivity index is 1.53. The second kappa shape index (κ2) is 7.97. The van der Waals surface area contributed by atoms with Crippen LogP contribution >= 0.6 is 0 Å². The highest BCUT2D eigenvalue weighted by molar-refractivity contribution is 5.99. The largest absolute Gasteiger partial charge is 0.457 e. The molecule has 0 atom stereocenters. The van der Waals surface area contributed by atoms with E-state index in [0.29, 0.717) is 39.5 Å². The molecule has 1 amide bonds. The molecule has 0 saturated carbocycles. The maximum absolute atomic E-state index is 12.3. The van der Waals surface area contributed by atoms with Crippen molar-refractivity contribution in [3.05, 3.63) is 101 Å². The lowest BCUT2D eigenvalue weighted by Crippen LogP contribution is -2.15. The van der Waals surface area contributed by atoms with Gasteiger partial charge in [-0.05, 0) is 54.1 Å². The number of aromatic nitrogens is 3. The summed E-state index contributed by atoms with van der Waals surface area (Å²) in [5.41, 5.74) is 8.86. The predicted octanol–water partition coefficient (Wildman–Crippen LogP) is 4.80. The first-order valence-corrected chi connectivity index (χ1v) is 9.99. The van der Waals surface area contributed by atoms with Crippen molar-refractivity contribution in [1.82, 2.24) is 14.6 Å². The van der Waals surface area contributed by atoms with Gasteiger partial charge in [0.2, 0.25) is 0 Å². The molecule has 0 aliphatic rings. The van der Waals surface area contributed by atoms with Crippen LogP contribution in [0.3, 0.4) is 0 Å². The lowest BCUT2D eigenvalue weighted by atomic mass is 10.1. The number of nitro benzene ring substituents is 1. The lowest BCUT2D eigenvalue weighted by Gasteiger charge is -2.06. The molecule has 33 heavy (non-hydrogen) atoms. The number of primary amides is 1. The van der Waals surface area contributed by atoms with Crippen LogP contribution < -0.4 is 10.5 Å². The molecule has 9 heteroatoms. The first-order valence-electron chi connectivity index (χ1n) is 9.99. The smallest absolute Gasteiger partial charge is 0.269 e. The molecule has 9 nitrogen and oxygen atoms in total. The summed E-state index contributed by atoms with van der Waals surface area (Å²) in [5, 5.41) is 13.9. The summed E-state index contributed by atoms with van der Waals surface area (Å²) in [7, 11) is 0. The summed E-state index contributed by atoms with van der Waals surface area (Å²) in [5.74, 6) is 0.715. The van der Waals surface area contributed by atoms with Crippen LogP contribution in [0.15, 0.2) is 85.1 Å². The van der Waals surface area contributed by atoms with Crippen LogP contribution in [0.25, 0.3) is 28.0 Å². The van der Waals surface area contributed by atoms with E-state index in [1.54, 1.807) is 42.6 Å². The van der Waals surface area contributed by atoms with E-state index in [4.69, 9.17) is 10.5 Å². The van der Waals surface area contributed by atoms with Crippen molar-refractivity contribution in [2.24, 2.45) is 5.73 Å². The van der Waals surface area contributed by atoms with E-state index in [1.807, 2.05) is 30.3 Å². The highest BCUT2D eigenvalue weighted by Crippen LogP contribution is 2.32. The zero-order valence-electron chi connectivity index (χ0n) is 17.1. The number of ether oxygens (including phenoxy) is 1. The molecule has 0 aliphatic heterocycles. The fourth-order valence-corrected chi connectivity index (χ4v) is 3.63. The zero-order chi connectivity index (χ0) is 22.9. The Bertz CT molecular complexity index is 1470. The molecule has 2 heterocycles. The van der Waals surface area contributed by atoms with Crippen LogP contribution in [-0.2, 0) is 0 Å². The number of carbonyl (C=O) groups is 1. The van der Waals surface area contributed by atoms with Crippen molar-refractivity contribution >= 4 is 17.2 Å². The number of nitrogens with zero attached hydrogens (tertiary/aromatic N) is 3. The normalized spacial score (nSPS) is 10.9. The number of benzene rings is 3. The fourth-order valence-electron chi connectivity index (χ4n) is 3.63. The van der Waals surface area contributed by atoms with Gasteiger partial charge in [-0.3, -0.25) is 20.0 Å². The van der Waals surface area contributed by atoms with Gasteiger partial charge >= 0.3 is 0 Å². The Morgan fingerprint density at radius 1 is 0.939 bits per heavy atom. The van der Waals surface area contributed by atoms with E-state index in [-0.39, 0.29) is 11.4 Å². The number of imidazole rings is 1. The number of H-pyrrole nitrogens is 1. The van der Waals surface area contributed by atoms with E-state index < -0.39 is 10.8 Å². The summed E-state index contributed by atoms with van der Waals surface area (Å²) in [4.78, 5) is 27.4. The van der Waals surface area contributed by atoms with Crippen molar-refractivity contribution in [3.63, 3.8) is 0 Å². The van der Waals surface area contributed by atoms with E-state index >= 15 is 0 Å². The van der Waals surface area contributed by atoms with Crippen LogP contribution in [0.1, 0.15) is 10.5 Å². The zero-order valence-corrected chi connectivity index (χ0v) is 17.1. The molecule has 162 valence electrons. The minimum Gasteiger partial charge on any atom is -0.457 e. The number of nitro groups is 1. The SMILES string of the molecule is NC(=O)c1c(-c2ccc(Oc3ccccc3)cc2)nc2c(-c3ccc([N+](=O)[O-])cc3)c[nH]n12. The topological polar surface area (TPSA) is 129 Å². The number of nitrogens with two attached hydrogens (primary N) is 1. The van der Waals surface area contributed by atoms with Gasteiger partial charge < -0.3 is 10.5 Å². The maximum Gasteiger partial charge on any atom is 0.269 e. The number of para-hydroxylation sites is 1. The second-order valence-electron chi connectivity index (χ2n) is 7.26. The van der Waals surface area contributed by atoms with Crippen molar-refractivity contribution in [2.45, 2.75) is 0 Å². The van der Waals surface area contributed by atoms with Crippen LogP contribution in [0.4, 0.5) is 5.69 Å². The quantitative estimate of drug-likeness (QED) is 0.290. The molecule has 3 N–H and O–H groups in total. The number of nitrogens with one attached hydrogen (secondary N) is 1. The van der Waals surface area contributed by atoms with Crippen LogP contribution in [0.5, 0.6) is 11.5 Å². The van der Waals surface area contributed by atoms with Gasteiger partial charge in [-0.15, -0.1) is 0 Å². The number of hydrogen-bond acceptors (Lipinski definition) is 5. The van der Waals surface area contributed by atoms with Gasteiger partial charge in [0, 0.05) is 29.5 Å². The molecule has 0 radical (unpaired) electrons. The van der Waals surface area contributed by atoms with E-state index in [0.717, 1.165) is 0 Å². The number of carbonyl (C=O) groups excluding carboxylic acids is 1. The minimum absolute atomic E-state index is 0.00928. The number of rotatable bonds is 6. The Kier molecular flexibility index (Phi) is 4.83. The first-order chi connectivity index (χ1) is 16.0. The lowest BCUT2D eigenvalue weighted by molar-refractivity contribution is -0.384. The van der Waals surface area contributed by atoms with Gasteiger partial charge in [0.1, 0.15) is 17.2 Å². The maximum atomic E-state index is 12.3. The Morgan fingerprint density at radius 3 is 2.21 bits per heavy atom. The molecule has 5 aromatic rings. The van der Waals surface area contributed by atoms with Crippen LogP contribution in [0, 0.1) is 10.1 Å². The average Bonchev–Trinajstić information content (AvgIpc) is 3.40. The number of aromatic amines is 1. The Morgan fingerprint density at radius 2 is 1.58 bits per heavy atom. The van der Waals surface area contributed by atoms with Crippen molar-refractivity contribution in [1.29, 1.82) is 0 Å². The Labute approximate surface area is 187 Å². The van der Waals surface area contributed by atoms with E-state index in [1.165, 1.54) is 16.6 Å². The van der Waals surface area contributed by atoms with Crippen LogP contribution in [0.2, 0.25) is 0 Å². The molecule has 3 aromatic carbocycles. The molecule has 5 rings (SSSR count). The number of non-ortho nitro benzene ring substituents is 1. The second-order valence-corrected chi connectivity index (χ2v) is 7.26.